The van der Waals surface area contributed by atoms with E-state index in [-0.39, 0.29) is 23.5 Å². The largest absolute Gasteiger partial charge is 0.487 e. The van der Waals surface area contributed by atoms with E-state index in [1.54, 1.807) is 13.0 Å². The van der Waals surface area contributed by atoms with Gasteiger partial charge in [-0.25, -0.2) is 8.42 Å². The number of fused-ring (bicyclic) bond motifs is 1. The molecule has 1 aromatic carbocycles. The van der Waals surface area contributed by atoms with Gasteiger partial charge >= 0.3 is 0 Å². The lowest BCUT2D eigenvalue weighted by Gasteiger charge is -2.37. The highest BCUT2D eigenvalue weighted by Gasteiger charge is 2.38. The highest BCUT2D eigenvalue weighted by Crippen LogP contribution is 2.37. The van der Waals surface area contributed by atoms with Crippen LogP contribution in [0.1, 0.15) is 45.1 Å². The van der Waals surface area contributed by atoms with Crippen LogP contribution < -0.4 is 4.74 Å². The third-order valence-corrected chi connectivity index (χ3v) is 7.89. The Hall–Kier alpha value is -1.41. The molecule has 0 aromatic heterocycles. The van der Waals surface area contributed by atoms with Gasteiger partial charge < -0.3 is 14.7 Å². The molecule has 3 atom stereocenters. The van der Waals surface area contributed by atoms with Crippen LogP contribution in [0.3, 0.4) is 0 Å². The Morgan fingerprint density at radius 3 is 2.69 bits per heavy atom. The number of aliphatic hydroxyl groups is 1. The summed E-state index contributed by atoms with van der Waals surface area (Å²) in [6.45, 7) is 4.54. The fraction of sp³-hybridized carbons (Fsp3) is 0.636. The van der Waals surface area contributed by atoms with Crippen molar-refractivity contribution >= 4 is 15.6 Å². The van der Waals surface area contributed by atoms with Gasteiger partial charge in [-0.05, 0) is 70.0 Å². The van der Waals surface area contributed by atoms with Crippen LogP contribution >= 0.6 is 0 Å². The molecule has 3 rings (SSSR count). The Morgan fingerprint density at radius 2 is 2.07 bits per heavy atom. The van der Waals surface area contributed by atoms with Crippen LogP contribution in [0.5, 0.6) is 5.75 Å². The summed E-state index contributed by atoms with van der Waals surface area (Å²) >= 11 is 0. The summed E-state index contributed by atoms with van der Waals surface area (Å²) in [7, 11) is 0.209. The maximum atomic E-state index is 13.4. The van der Waals surface area contributed by atoms with E-state index in [0.29, 0.717) is 18.8 Å². The highest BCUT2D eigenvalue weighted by atomic mass is 32.2. The Labute approximate surface area is 175 Å². The first-order valence-electron chi connectivity index (χ1n) is 10.5. The molecule has 162 valence electrons. The topological polar surface area (TPSA) is 70.1 Å². The summed E-state index contributed by atoms with van der Waals surface area (Å²) in [5, 5.41) is 9.69. The minimum Gasteiger partial charge on any atom is -0.487 e. The maximum absolute atomic E-state index is 13.4. The van der Waals surface area contributed by atoms with Gasteiger partial charge in [0.1, 0.15) is 16.7 Å². The minimum atomic E-state index is -3.77. The zero-order valence-electron chi connectivity index (χ0n) is 18.0. The van der Waals surface area contributed by atoms with E-state index in [0.717, 1.165) is 24.8 Å². The average molecular weight is 423 g/mol. The molecule has 0 spiro atoms. The van der Waals surface area contributed by atoms with Crippen molar-refractivity contribution in [2.24, 2.45) is 5.92 Å². The van der Waals surface area contributed by atoms with Gasteiger partial charge in [0.05, 0.1) is 6.61 Å². The smallest absolute Gasteiger partial charge is 0.247 e. The molecule has 29 heavy (non-hydrogen) atoms. The van der Waals surface area contributed by atoms with Crippen LogP contribution in [0.15, 0.2) is 29.2 Å². The third kappa shape index (κ3) is 4.85. The molecule has 0 saturated heterocycles. The fourth-order valence-electron chi connectivity index (χ4n) is 4.10. The summed E-state index contributed by atoms with van der Waals surface area (Å²) in [5.41, 5.74) is 2.30. The number of hydrogen-bond donors (Lipinski definition) is 1. The molecule has 0 saturated carbocycles. The number of benzene rings is 1. The molecule has 1 aliphatic carbocycles. The van der Waals surface area contributed by atoms with Crippen molar-refractivity contribution in [2.45, 2.75) is 56.6 Å². The molecule has 1 aromatic rings. The molecule has 0 fully saturated rings. The van der Waals surface area contributed by atoms with Gasteiger partial charge in [-0.15, -0.1) is 0 Å². The predicted molar refractivity (Wildman–Crippen MR) is 115 cm³/mol. The van der Waals surface area contributed by atoms with E-state index < -0.39 is 16.1 Å². The summed E-state index contributed by atoms with van der Waals surface area (Å²) in [5.74, 6) is 0.398. The molecule has 1 aliphatic heterocycles. The summed E-state index contributed by atoms with van der Waals surface area (Å²) < 4.78 is 34.7. The van der Waals surface area contributed by atoms with Crippen LogP contribution in [0, 0.1) is 5.92 Å². The molecule has 1 heterocycles. The van der Waals surface area contributed by atoms with E-state index >= 15 is 0 Å². The molecule has 0 radical (unpaired) electrons. The molecule has 0 bridgehead atoms. The Bertz CT molecular complexity index is 850. The zero-order valence-corrected chi connectivity index (χ0v) is 18.8. The normalized spacial score (nSPS) is 26.1. The lowest BCUT2D eigenvalue weighted by Crippen LogP contribution is -2.49. The lowest BCUT2D eigenvalue weighted by atomic mass is 9.93. The summed E-state index contributed by atoms with van der Waals surface area (Å²) in [6.07, 6.45) is 6.54. The number of aliphatic hydroxyl groups excluding tert-OH is 1. The number of sulfonamides is 1. The summed E-state index contributed by atoms with van der Waals surface area (Å²) in [6, 6.07) is 4.97. The monoisotopic (exact) mass is 422 g/mol. The van der Waals surface area contributed by atoms with Crippen molar-refractivity contribution in [3.63, 3.8) is 0 Å². The SMILES string of the molecule is C[C@H](CO)N1C[C@H](C)[C@H](CN(C)C)Oc2cc(C3=CCCCC3)ccc2S1(=O)=O. The van der Waals surface area contributed by atoms with E-state index in [2.05, 4.69) is 11.0 Å². The van der Waals surface area contributed by atoms with Gasteiger partial charge in [-0.2, -0.15) is 4.31 Å². The third-order valence-electron chi connectivity index (χ3n) is 5.87. The van der Waals surface area contributed by atoms with Gasteiger partial charge in [-0.3, -0.25) is 0 Å². The van der Waals surface area contributed by atoms with Crippen molar-refractivity contribution in [3.8, 4) is 5.75 Å². The number of nitrogens with zero attached hydrogens (tertiary/aromatic N) is 2. The van der Waals surface area contributed by atoms with Gasteiger partial charge in [0.25, 0.3) is 0 Å². The lowest BCUT2D eigenvalue weighted by molar-refractivity contribution is 0.0812. The van der Waals surface area contributed by atoms with Gasteiger partial charge in [0.2, 0.25) is 10.0 Å². The van der Waals surface area contributed by atoms with Gasteiger partial charge in [-0.1, -0.05) is 19.1 Å². The summed E-state index contributed by atoms with van der Waals surface area (Å²) in [4.78, 5) is 2.25. The van der Waals surface area contributed by atoms with Crippen LogP contribution in [-0.2, 0) is 10.0 Å². The first-order valence-corrected chi connectivity index (χ1v) is 12.0. The number of hydrogen-bond acceptors (Lipinski definition) is 5. The first-order chi connectivity index (χ1) is 13.7. The van der Waals surface area contributed by atoms with Crippen LogP contribution in [-0.4, -0.2) is 68.7 Å². The van der Waals surface area contributed by atoms with Gasteiger partial charge in [0.15, 0.2) is 0 Å². The highest BCUT2D eigenvalue weighted by molar-refractivity contribution is 7.89. The second kappa shape index (κ2) is 9.16. The minimum absolute atomic E-state index is 0.0214. The van der Waals surface area contributed by atoms with Crippen molar-refractivity contribution < 1.29 is 18.3 Å². The maximum Gasteiger partial charge on any atom is 0.247 e. The number of allylic oxidation sites excluding steroid dienone is 2. The molecule has 0 unspecified atom stereocenters. The predicted octanol–water partition coefficient (Wildman–Crippen LogP) is 2.97. The van der Waals surface area contributed by atoms with Crippen molar-refractivity contribution in [1.82, 2.24) is 9.21 Å². The van der Waals surface area contributed by atoms with Crippen molar-refractivity contribution in [2.75, 3.05) is 33.8 Å². The Kier molecular flexibility index (Phi) is 7.04. The zero-order chi connectivity index (χ0) is 21.2. The molecular weight excluding hydrogens is 388 g/mol. The van der Waals surface area contributed by atoms with E-state index in [1.165, 1.54) is 16.3 Å². The molecular formula is C22H34N2O4S. The second-order valence-corrected chi connectivity index (χ2v) is 10.5. The first kappa shape index (κ1) is 22.3. The molecule has 6 nitrogen and oxygen atoms in total. The van der Waals surface area contributed by atoms with Crippen LogP contribution in [0.4, 0.5) is 0 Å². The second-order valence-electron chi connectivity index (χ2n) is 8.64. The number of rotatable bonds is 5. The average Bonchev–Trinajstić information content (AvgIpc) is 2.70. The fourth-order valence-corrected chi connectivity index (χ4v) is 5.93. The van der Waals surface area contributed by atoms with Gasteiger partial charge in [0, 0.05) is 25.0 Å². The standard InChI is InChI=1S/C22H34N2O4S/c1-16-13-24(17(2)15-25)29(26,27)22-11-10-19(18-8-6-5-7-9-18)12-20(22)28-21(16)14-23(3)4/h8,10-12,16-17,21,25H,5-7,9,13-15H2,1-4H3/t16-,17+,21-/m0/s1. The van der Waals surface area contributed by atoms with E-state index in [1.807, 2.05) is 33.2 Å². The Balaban J connectivity index is 2.10. The quantitative estimate of drug-likeness (QED) is 0.790. The number of ether oxygens (including phenoxy) is 1. The van der Waals surface area contributed by atoms with Crippen molar-refractivity contribution in [1.29, 1.82) is 0 Å². The molecule has 7 heteroatoms. The van der Waals surface area contributed by atoms with Crippen LogP contribution in [0.25, 0.3) is 5.57 Å². The Morgan fingerprint density at radius 1 is 1.31 bits per heavy atom. The molecule has 1 N–H and O–H groups in total. The van der Waals surface area contributed by atoms with E-state index in [9.17, 15) is 13.5 Å². The molecule has 0 amide bonds. The van der Waals surface area contributed by atoms with Crippen LogP contribution in [0.2, 0.25) is 0 Å². The molecule has 2 aliphatic rings. The van der Waals surface area contributed by atoms with Crippen molar-refractivity contribution in [3.05, 3.63) is 29.8 Å². The van der Waals surface area contributed by atoms with E-state index in [4.69, 9.17) is 4.74 Å². The number of likely N-dealkylation sites (N-methyl/N-ethyl adjacent to an activating group) is 1.